The van der Waals surface area contributed by atoms with E-state index in [9.17, 15) is 13.6 Å². The molecule has 0 saturated carbocycles. The molecule has 18 heavy (non-hydrogen) atoms. The van der Waals surface area contributed by atoms with E-state index >= 15 is 0 Å². The zero-order valence-electron chi connectivity index (χ0n) is 9.89. The van der Waals surface area contributed by atoms with Crippen LogP contribution < -0.4 is 0 Å². The number of ketones is 1. The molecule has 0 bridgehead atoms. The fraction of sp³-hybridized carbons (Fsp3) is 0.462. The van der Waals surface area contributed by atoms with E-state index < -0.39 is 12.5 Å². The Morgan fingerprint density at radius 1 is 1.39 bits per heavy atom. The van der Waals surface area contributed by atoms with Crippen LogP contribution in [0.2, 0.25) is 0 Å². The van der Waals surface area contributed by atoms with Crippen LogP contribution in [-0.2, 0) is 4.74 Å². The largest absolute Gasteiger partial charge is 0.370 e. The van der Waals surface area contributed by atoms with Crippen molar-refractivity contribution >= 4 is 5.78 Å². The van der Waals surface area contributed by atoms with E-state index in [0.29, 0.717) is 12.1 Å². The highest BCUT2D eigenvalue weighted by molar-refractivity contribution is 5.97. The van der Waals surface area contributed by atoms with Gasteiger partial charge in [-0.2, -0.15) is 0 Å². The predicted molar refractivity (Wildman–Crippen MR) is 63.0 cm³/mol. The average Bonchev–Trinajstić information content (AvgIpc) is 2.40. The monoisotopic (exact) mass is 255 g/mol. The van der Waals surface area contributed by atoms with Crippen molar-refractivity contribution in [1.29, 1.82) is 0 Å². The van der Waals surface area contributed by atoms with Crippen LogP contribution in [0.1, 0.15) is 10.4 Å². The molecule has 3 nitrogen and oxygen atoms in total. The summed E-state index contributed by atoms with van der Waals surface area (Å²) >= 11 is 0. The Kier molecular flexibility index (Phi) is 4.38. The topological polar surface area (TPSA) is 29.5 Å². The molecular weight excluding hydrogens is 240 g/mol. The van der Waals surface area contributed by atoms with Crippen molar-refractivity contribution in [2.75, 3.05) is 26.2 Å². The van der Waals surface area contributed by atoms with Crippen molar-refractivity contribution in [3.63, 3.8) is 0 Å². The molecule has 98 valence electrons. The molecule has 1 heterocycles. The minimum Gasteiger partial charge on any atom is -0.370 e. The number of carbonyl (C=O) groups is 1. The number of morpholine rings is 1. The van der Waals surface area contributed by atoms with Gasteiger partial charge >= 0.3 is 0 Å². The second-order valence-corrected chi connectivity index (χ2v) is 4.27. The van der Waals surface area contributed by atoms with Crippen LogP contribution in [0.5, 0.6) is 0 Å². The van der Waals surface area contributed by atoms with Gasteiger partial charge in [0.1, 0.15) is 6.10 Å². The lowest BCUT2D eigenvalue weighted by atomic mass is 10.1. The molecule has 0 N–H and O–H groups in total. The van der Waals surface area contributed by atoms with Gasteiger partial charge in [-0.1, -0.05) is 30.3 Å². The van der Waals surface area contributed by atoms with E-state index in [1.165, 1.54) is 0 Å². The van der Waals surface area contributed by atoms with E-state index in [1.54, 1.807) is 29.2 Å². The number of Topliss-reactive ketones (excluding diaryl/α,β-unsaturated/α-hetero) is 1. The first-order chi connectivity index (χ1) is 8.66. The molecule has 0 unspecified atom stereocenters. The average molecular weight is 255 g/mol. The minimum absolute atomic E-state index is 0.0504. The summed E-state index contributed by atoms with van der Waals surface area (Å²) in [6, 6.07) is 8.86. The van der Waals surface area contributed by atoms with E-state index in [-0.39, 0.29) is 25.5 Å². The van der Waals surface area contributed by atoms with Crippen molar-refractivity contribution in [2.24, 2.45) is 0 Å². The third-order valence-electron chi connectivity index (χ3n) is 2.92. The summed E-state index contributed by atoms with van der Waals surface area (Å²) in [5.41, 5.74) is 0.609. The summed E-state index contributed by atoms with van der Waals surface area (Å²) in [5, 5.41) is 0. The Morgan fingerprint density at radius 2 is 2.11 bits per heavy atom. The van der Waals surface area contributed by atoms with Crippen LogP contribution in [0.25, 0.3) is 0 Å². The lowest BCUT2D eigenvalue weighted by Gasteiger charge is -2.31. The fourth-order valence-corrected chi connectivity index (χ4v) is 1.95. The van der Waals surface area contributed by atoms with E-state index in [4.69, 9.17) is 4.74 Å². The lowest BCUT2D eigenvalue weighted by Crippen LogP contribution is -2.47. The Bertz CT molecular complexity index is 397. The van der Waals surface area contributed by atoms with Crippen molar-refractivity contribution < 1.29 is 18.3 Å². The van der Waals surface area contributed by atoms with Crippen LogP contribution in [0, 0.1) is 0 Å². The van der Waals surface area contributed by atoms with Gasteiger partial charge in [0.25, 0.3) is 6.43 Å². The second kappa shape index (κ2) is 6.02. The van der Waals surface area contributed by atoms with Gasteiger partial charge in [0, 0.05) is 18.7 Å². The summed E-state index contributed by atoms with van der Waals surface area (Å²) in [4.78, 5) is 13.6. The molecule has 2 rings (SSSR count). The summed E-state index contributed by atoms with van der Waals surface area (Å²) < 4.78 is 30.0. The van der Waals surface area contributed by atoms with Gasteiger partial charge in [-0.25, -0.2) is 8.78 Å². The highest BCUT2D eigenvalue weighted by atomic mass is 19.3. The maximum atomic E-state index is 12.5. The maximum Gasteiger partial charge on any atom is 0.265 e. The van der Waals surface area contributed by atoms with E-state index in [0.717, 1.165) is 0 Å². The fourth-order valence-electron chi connectivity index (χ4n) is 1.95. The van der Waals surface area contributed by atoms with Gasteiger partial charge in [0.15, 0.2) is 5.78 Å². The van der Waals surface area contributed by atoms with Gasteiger partial charge in [0.2, 0.25) is 0 Å². The first-order valence-corrected chi connectivity index (χ1v) is 5.87. The third kappa shape index (κ3) is 3.34. The maximum absolute atomic E-state index is 12.5. The van der Waals surface area contributed by atoms with Crippen LogP contribution in [-0.4, -0.2) is 49.5 Å². The number of hydrogen-bond donors (Lipinski definition) is 0. The molecule has 1 saturated heterocycles. The van der Waals surface area contributed by atoms with E-state index in [1.807, 2.05) is 6.07 Å². The Labute approximate surface area is 104 Å². The highest BCUT2D eigenvalue weighted by Crippen LogP contribution is 2.13. The van der Waals surface area contributed by atoms with Crippen LogP contribution in [0.15, 0.2) is 30.3 Å². The van der Waals surface area contributed by atoms with Crippen molar-refractivity contribution in [3.05, 3.63) is 35.9 Å². The molecule has 0 spiro atoms. The second-order valence-electron chi connectivity index (χ2n) is 4.27. The third-order valence-corrected chi connectivity index (χ3v) is 2.92. The summed E-state index contributed by atoms with van der Waals surface area (Å²) in [5.74, 6) is -0.0504. The zero-order valence-corrected chi connectivity index (χ0v) is 9.89. The van der Waals surface area contributed by atoms with Crippen molar-refractivity contribution in [1.82, 2.24) is 4.90 Å². The zero-order chi connectivity index (χ0) is 13.0. The molecule has 1 aliphatic heterocycles. The SMILES string of the molecule is O=C(CN1CCO[C@H](C(F)F)C1)c1ccccc1. The summed E-state index contributed by atoms with van der Waals surface area (Å²) in [7, 11) is 0. The summed E-state index contributed by atoms with van der Waals surface area (Å²) in [6.07, 6.45) is -3.58. The molecule has 1 aromatic carbocycles. The van der Waals surface area contributed by atoms with Gasteiger partial charge < -0.3 is 4.74 Å². The first-order valence-electron chi connectivity index (χ1n) is 5.87. The number of rotatable bonds is 4. The number of alkyl halides is 2. The van der Waals surface area contributed by atoms with Crippen LogP contribution >= 0.6 is 0 Å². The molecule has 0 amide bonds. The number of benzene rings is 1. The number of carbonyl (C=O) groups excluding carboxylic acids is 1. The quantitative estimate of drug-likeness (QED) is 0.769. The minimum atomic E-state index is -2.50. The molecule has 0 radical (unpaired) electrons. The normalized spacial score (nSPS) is 21.2. The molecular formula is C13H15F2NO2. The van der Waals surface area contributed by atoms with Gasteiger partial charge in [-0.15, -0.1) is 0 Å². The Hall–Kier alpha value is -1.33. The van der Waals surface area contributed by atoms with Gasteiger partial charge in [-0.05, 0) is 0 Å². The lowest BCUT2D eigenvalue weighted by molar-refractivity contribution is -0.100. The molecule has 5 heteroatoms. The van der Waals surface area contributed by atoms with Crippen molar-refractivity contribution in [3.8, 4) is 0 Å². The molecule has 1 fully saturated rings. The smallest absolute Gasteiger partial charge is 0.265 e. The molecule has 0 aromatic heterocycles. The van der Waals surface area contributed by atoms with Gasteiger partial charge in [-0.3, -0.25) is 9.69 Å². The molecule has 1 atom stereocenters. The number of ether oxygens (including phenoxy) is 1. The van der Waals surface area contributed by atoms with Crippen LogP contribution in [0.4, 0.5) is 8.78 Å². The number of hydrogen-bond acceptors (Lipinski definition) is 3. The predicted octanol–water partition coefficient (Wildman–Crippen LogP) is 1.84. The number of nitrogens with zero attached hydrogens (tertiary/aromatic N) is 1. The van der Waals surface area contributed by atoms with Crippen molar-refractivity contribution in [2.45, 2.75) is 12.5 Å². The Morgan fingerprint density at radius 3 is 2.78 bits per heavy atom. The highest BCUT2D eigenvalue weighted by Gasteiger charge is 2.28. The molecule has 1 aliphatic rings. The molecule has 0 aliphatic carbocycles. The first kappa shape index (κ1) is 13.1. The Balaban J connectivity index is 1.91. The molecule has 1 aromatic rings. The summed E-state index contributed by atoms with van der Waals surface area (Å²) in [6.45, 7) is 1.03. The van der Waals surface area contributed by atoms with E-state index in [2.05, 4.69) is 0 Å². The standard InChI is InChI=1S/C13H15F2NO2/c14-13(15)12-9-16(6-7-18-12)8-11(17)10-4-2-1-3-5-10/h1-5,12-13H,6-9H2/t12-/m0/s1. The number of halogens is 2. The van der Waals surface area contributed by atoms with Gasteiger partial charge in [0.05, 0.1) is 13.2 Å². The van der Waals surface area contributed by atoms with Crippen LogP contribution in [0.3, 0.4) is 0 Å².